The number of anilines is 1. The van der Waals surface area contributed by atoms with Crippen molar-refractivity contribution < 1.29 is 9.47 Å². The number of ether oxygens (including phenoxy) is 2. The van der Waals surface area contributed by atoms with Gasteiger partial charge >= 0.3 is 0 Å². The van der Waals surface area contributed by atoms with E-state index in [0.717, 1.165) is 94.2 Å². The Hall–Kier alpha value is -2.36. The summed E-state index contributed by atoms with van der Waals surface area (Å²) in [7, 11) is 2.20. The lowest BCUT2D eigenvalue weighted by Gasteiger charge is -2.34. The van der Waals surface area contributed by atoms with Gasteiger partial charge in [0.1, 0.15) is 6.26 Å². The van der Waals surface area contributed by atoms with E-state index < -0.39 is 0 Å². The van der Waals surface area contributed by atoms with Gasteiger partial charge in [0, 0.05) is 77.5 Å². The molecule has 9 heteroatoms. The van der Waals surface area contributed by atoms with Gasteiger partial charge in [0.15, 0.2) is 5.65 Å². The molecule has 0 amide bonds. The first kappa shape index (κ1) is 21.5. The molecule has 2 aromatic rings. The Morgan fingerprint density at radius 2 is 1.91 bits per heavy atom. The highest BCUT2D eigenvalue weighted by molar-refractivity contribution is 5.91. The van der Waals surface area contributed by atoms with E-state index in [1.165, 1.54) is 0 Å². The molecule has 1 N–H and O–H groups in total. The molecule has 5 heterocycles. The molecule has 1 unspecified atom stereocenters. The lowest BCUT2D eigenvalue weighted by molar-refractivity contribution is 0.0465. The fourth-order valence-electron chi connectivity index (χ4n) is 4.78. The third-order valence-electron chi connectivity index (χ3n) is 6.86. The van der Waals surface area contributed by atoms with Crippen molar-refractivity contribution in [1.29, 1.82) is 0 Å². The number of hydrogen-bond acceptors (Lipinski definition) is 8. The Morgan fingerprint density at radius 3 is 2.69 bits per heavy atom. The second-order valence-corrected chi connectivity index (χ2v) is 8.97. The zero-order chi connectivity index (χ0) is 21.9. The Kier molecular flexibility index (Phi) is 6.47. The van der Waals surface area contributed by atoms with Crippen molar-refractivity contribution in [3.8, 4) is 0 Å². The van der Waals surface area contributed by atoms with Gasteiger partial charge in [-0.15, -0.1) is 0 Å². The number of aryl methyl sites for hydroxylation is 1. The van der Waals surface area contributed by atoms with Crippen molar-refractivity contribution in [2.75, 3.05) is 64.8 Å². The van der Waals surface area contributed by atoms with Crippen LogP contribution < -0.4 is 5.32 Å². The molecule has 0 saturated carbocycles. The van der Waals surface area contributed by atoms with Gasteiger partial charge in [-0.3, -0.25) is 4.90 Å². The molecule has 3 aliphatic heterocycles. The highest BCUT2D eigenvalue weighted by Crippen LogP contribution is 2.37. The number of aromatic nitrogens is 3. The maximum absolute atomic E-state index is 6.11. The Balaban J connectivity index is 1.38. The minimum atomic E-state index is -0.174. The smallest absolute Gasteiger partial charge is 0.201 e. The van der Waals surface area contributed by atoms with Crippen LogP contribution in [-0.4, -0.2) is 95.0 Å². The van der Waals surface area contributed by atoms with Crippen LogP contribution in [0.3, 0.4) is 0 Å². The predicted molar refractivity (Wildman–Crippen MR) is 124 cm³/mol. The minimum absolute atomic E-state index is 0.174. The van der Waals surface area contributed by atoms with Gasteiger partial charge in [-0.1, -0.05) is 0 Å². The molecular formula is C23H35N7O2. The number of nitrogens with one attached hydrogen (secondary N) is 1. The highest BCUT2D eigenvalue weighted by Gasteiger charge is 2.29. The molecule has 2 fully saturated rings. The first-order valence-electron chi connectivity index (χ1n) is 11.9. The number of hydrogen-bond donors (Lipinski definition) is 1. The maximum Gasteiger partial charge on any atom is 0.201 e. The van der Waals surface area contributed by atoms with Crippen LogP contribution >= 0.6 is 0 Å². The van der Waals surface area contributed by atoms with E-state index in [4.69, 9.17) is 14.5 Å². The Bertz CT molecular complexity index is 932. The van der Waals surface area contributed by atoms with Gasteiger partial charge in [0.2, 0.25) is 6.23 Å². The third-order valence-corrected chi connectivity index (χ3v) is 6.86. The summed E-state index contributed by atoms with van der Waals surface area (Å²) in [5, 5.41) is 9.44. The summed E-state index contributed by atoms with van der Waals surface area (Å²) in [6, 6.07) is 0.381. The second kappa shape index (κ2) is 9.64. The number of pyridine rings is 1. The summed E-state index contributed by atoms with van der Waals surface area (Å²) in [6.45, 7) is 11.0. The molecule has 0 aliphatic carbocycles. The molecule has 0 radical (unpaired) electrons. The predicted octanol–water partition coefficient (Wildman–Crippen LogP) is 2.09. The molecule has 0 bridgehead atoms. The molecule has 32 heavy (non-hydrogen) atoms. The van der Waals surface area contributed by atoms with Gasteiger partial charge in [-0.25, -0.2) is 9.67 Å². The van der Waals surface area contributed by atoms with Crippen molar-refractivity contribution in [3.63, 3.8) is 0 Å². The summed E-state index contributed by atoms with van der Waals surface area (Å²) in [5.41, 5.74) is 3.09. The zero-order valence-electron chi connectivity index (χ0n) is 19.2. The van der Waals surface area contributed by atoms with E-state index in [0.29, 0.717) is 6.04 Å². The lowest BCUT2D eigenvalue weighted by Crippen LogP contribution is -2.46. The summed E-state index contributed by atoms with van der Waals surface area (Å²) >= 11 is 0. The normalized spacial score (nSPS) is 23.2. The molecule has 0 aromatic carbocycles. The average Bonchev–Trinajstić information content (AvgIpc) is 3.46. The summed E-state index contributed by atoms with van der Waals surface area (Å²) in [6.07, 6.45) is 9.62. The molecule has 9 nitrogen and oxygen atoms in total. The second-order valence-electron chi connectivity index (χ2n) is 8.97. The number of rotatable bonds is 7. The SMILES string of the molecule is CCn1ncc2c(NC3CCOCC3)c(C3OC=CN3CCN3CCN(C)CC3)cnc21. The Labute approximate surface area is 189 Å². The maximum atomic E-state index is 6.11. The van der Waals surface area contributed by atoms with Crippen LogP contribution in [-0.2, 0) is 16.0 Å². The number of fused-ring (bicyclic) bond motifs is 1. The van der Waals surface area contributed by atoms with Crippen molar-refractivity contribution in [2.45, 2.75) is 38.6 Å². The standard InChI is InChI=1S/C23H35N7O2/c1-3-30-22-19(17-25-30)21(26-18-4-13-31-14-5-18)20(16-24-22)23-29(12-15-32-23)11-10-28-8-6-27(2)7-9-28/h12,15-18,23H,3-11,13-14H2,1-2H3,(H,24,26). The van der Waals surface area contributed by atoms with Crippen molar-refractivity contribution in [1.82, 2.24) is 29.5 Å². The van der Waals surface area contributed by atoms with Crippen LogP contribution in [0.15, 0.2) is 24.9 Å². The largest absolute Gasteiger partial charge is 0.472 e. The fourth-order valence-corrected chi connectivity index (χ4v) is 4.78. The van der Waals surface area contributed by atoms with E-state index in [1.54, 1.807) is 0 Å². The zero-order valence-corrected chi connectivity index (χ0v) is 19.2. The molecule has 174 valence electrons. The first-order valence-corrected chi connectivity index (χ1v) is 11.9. The fraction of sp³-hybridized carbons (Fsp3) is 0.652. The lowest BCUT2D eigenvalue weighted by atomic mass is 10.1. The number of nitrogens with zero attached hydrogens (tertiary/aromatic N) is 6. The van der Waals surface area contributed by atoms with Crippen LogP contribution in [0, 0.1) is 0 Å². The van der Waals surface area contributed by atoms with E-state index in [9.17, 15) is 0 Å². The number of piperazine rings is 1. The summed E-state index contributed by atoms with van der Waals surface area (Å²) < 4.78 is 13.6. The summed E-state index contributed by atoms with van der Waals surface area (Å²) in [4.78, 5) is 12.0. The molecule has 1 atom stereocenters. The van der Waals surface area contributed by atoms with Crippen molar-refractivity contribution >= 4 is 16.7 Å². The van der Waals surface area contributed by atoms with Crippen molar-refractivity contribution in [3.05, 3.63) is 30.4 Å². The van der Waals surface area contributed by atoms with Gasteiger partial charge < -0.3 is 24.6 Å². The molecular weight excluding hydrogens is 406 g/mol. The van der Waals surface area contributed by atoms with E-state index >= 15 is 0 Å². The van der Waals surface area contributed by atoms with E-state index in [-0.39, 0.29) is 6.23 Å². The van der Waals surface area contributed by atoms with Crippen LogP contribution in [0.4, 0.5) is 5.69 Å². The van der Waals surface area contributed by atoms with E-state index in [2.05, 4.69) is 45.3 Å². The van der Waals surface area contributed by atoms with Gasteiger partial charge in [-0.05, 0) is 26.8 Å². The molecule has 0 spiro atoms. The van der Waals surface area contributed by atoms with Gasteiger partial charge in [-0.2, -0.15) is 5.10 Å². The minimum Gasteiger partial charge on any atom is -0.472 e. The van der Waals surface area contributed by atoms with Crippen LogP contribution in [0.5, 0.6) is 0 Å². The van der Waals surface area contributed by atoms with Crippen LogP contribution in [0.25, 0.3) is 11.0 Å². The van der Waals surface area contributed by atoms with Crippen LogP contribution in [0.2, 0.25) is 0 Å². The topological polar surface area (TPSA) is 70.9 Å². The van der Waals surface area contributed by atoms with Crippen LogP contribution in [0.1, 0.15) is 31.6 Å². The number of likely N-dealkylation sites (N-methyl/N-ethyl adjacent to an activating group) is 1. The van der Waals surface area contributed by atoms with Crippen molar-refractivity contribution in [2.24, 2.45) is 0 Å². The van der Waals surface area contributed by atoms with Gasteiger partial charge in [0.25, 0.3) is 0 Å². The highest BCUT2D eigenvalue weighted by atomic mass is 16.5. The quantitative estimate of drug-likeness (QED) is 0.701. The molecule has 3 aliphatic rings. The molecule has 5 rings (SSSR count). The third kappa shape index (κ3) is 4.42. The Morgan fingerprint density at radius 1 is 1.09 bits per heavy atom. The van der Waals surface area contributed by atoms with Gasteiger partial charge in [0.05, 0.1) is 22.8 Å². The molecule has 2 aromatic heterocycles. The summed E-state index contributed by atoms with van der Waals surface area (Å²) in [5.74, 6) is 0. The molecule has 2 saturated heterocycles. The van der Waals surface area contributed by atoms with E-state index in [1.807, 2.05) is 23.3 Å². The monoisotopic (exact) mass is 441 g/mol. The average molecular weight is 442 g/mol. The first-order chi connectivity index (χ1) is 15.7.